The minimum Gasteiger partial charge on any atom is -0.340 e. The molecule has 0 heterocycles. The molecule has 2 aromatic carbocycles. The number of amides is 2. The van der Waals surface area contributed by atoms with Crippen LogP contribution in [-0.4, -0.2) is 22.8 Å². The van der Waals surface area contributed by atoms with Gasteiger partial charge in [0, 0.05) is 28.4 Å². The highest BCUT2D eigenvalue weighted by atomic mass is 35.5. The van der Waals surface area contributed by atoms with Crippen molar-refractivity contribution in [3.05, 3.63) is 69.2 Å². The van der Waals surface area contributed by atoms with E-state index in [0.29, 0.717) is 22.7 Å². The predicted octanol–water partition coefficient (Wildman–Crippen LogP) is 4.03. The quantitative estimate of drug-likeness (QED) is 0.551. The lowest BCUT2D eigenvalue weighted by molar-refractivity contribution is -0.384. The number of carbonyl (C=O) groups excluding carboxylic acids is 2. The maximum absolute atomic E-state index is 12.6. The number of non-ortho nitro benzene ring substituents is 1. The minimum absolute atomic E-state index is 0.126. The molecule has 27 heavy (non-hydrogen) atoms. The Bertz CT molecular complexity index is 837. The molecule has 0 bridgehead atoms. The lowest BCUT2D eigenvalue weighted by Crippen LogP contribution is -2.44. The molecule has 2 N–H and O–H groups in total. The Balaban J connectivity index is 2.13. The van der Waals surface area contributed by atoms with E-state index in [9.17, 15) is 19.7 Å². The second-order valence-corrected chi connectivity index (χ2v) is 6.90. The Labute approximate surface area is 161 Å². The van der Waals surface area contributed by atoms with Crippen molar-refractivity contribution < 1.29 is 14.5 Å². The van der Waals surface area contributed by atoms with E-state index < -0.39 is 22.8 Å². The molecule has 2 rings (SSSR count). The number of rotatable bonds is 7. The van der Waals surface area contributed by atoms with Crippen molar-refractivity contribution in [2.45, 2.75) is 26.3 Å². The lowest BCUT2D eigenvalue weighted by atomic mass is 10.0. The average Bonchev–Trinajstić information content (AvgIpc) is 2.61. The minimum atomic E-state index is -0.785. The summed E-state index contributed by atoms with van der Waals surface area (Å²) in [6, 6.07) is 11.2. The Hall–Kier alpha value is -2.93. The van der Waals surface area contributed by atoms with Crippen LogP contribution >= 0.6 is 11.6 Å². The van der Waals surface area contributed by atoms with E-state index >= 15 is 0 Å². The number of nitro benzene ring substituents is 1. The average molecular weight is 390 g/mol. The number of hydrogen-bond donors (Lipinski definition) is 2. The number of anilines is 1. The number of nitrogens with zero attached hydrogens (tertiary/aromatic N) is 1. The standard InChI is InChI=1S/C19H20ClN3O4/c1-12(2)10-17(22-18(24)13-6-8-14(20)9-7-13)19(25)21-15-4-3-5-16(11-15)23(26)27/h3-9,11-12,17H,10H2,1-2H3,(H,21,25)(H,22,24)/t17-/m0/s1. The number of halogens is 1. The van der Waals surface area contributed by atoms with Gasteiger partial charge in [-0.2, -0.15) is 0 Å². The summed E-state index contributed by atoms with van der Waals surface area (Å²) in [6.45, 7) is 3.87. The van der Waals surface area contributed by atoms with Gasteiger partial charge in [0.1, 0.15) is 6.04 Å². The summed E-state index contributed by atoms with van der Waals surface area (Å²) in [4.78, 5) is 35.4. The number of nitro groups is 1. The van der Waals surface area contributed by atoms with Crippen molar-refractivity contribution in [2.75, 3.05) is 5.32 Å². The van der Waals surface area contributed by atoms with Gasteiger partial charge in [0.05, 0.1) is 4.92 Å². The van der Waals surface area contributed by atoms with Gasteiger partial charge in [0.2, 0.25) is 5.91 Å². The van der Waals surface area contributed by atoms with Gasteiger partial charge in [-0.05, 0) is 42.7 Å². The monoisotopic (exact) mass is 389 g/mol. The van der Waals surface area contributed by atoms with Crippen molar-refractivity contribution >= 4 is 34.8 Å². The van der Waals surface area contributed by atoms with Crippen LogP contribution in [0.4, 0.5) is 11.4 Å². The van der Waals surface area contributed by atoms with Crippen molar-refractivity contribution in [3.8, 4) is 0 Å². The molecule has 0 aliphatic heterocycles. The summed E-state index contributed by atoms with van der Waals surface area (Å²) >= 11 is 5.82. The largest absolute Gasteiger partial charge is 0.340 e. The van der Waals surface area contributed by atoms with Crippen LogP contribution in [0.2, 0.25) is 5.02 Å². The SMILES string of the molecule is CC(C)C[C@H](NC(=O)c1ccc(Cl)cc1)C(=O)Nc1cccc([N+](=O)[O-])c1. The molecule has 0 fully saturated rings. The summed E-state index contributed by atoms with van der Waals surface area (Å²) in [5, 5.41) is 16.7. The molecule has 2 aromatic rings. The lowest BCUT2D eigenvalue weighted by Gasteiger charge is -2.20. The van der Waals surface area contributed by atoms with E-state index in [-0.39, 0.29) is 11.6 Å². The first kappa shape index (κ1) is 20.4. The zero-order valence-corrected chi connectivity index (χ0v) is 15.7. The van der Waals surface area contributed by atoms with Gasteiger partial charge < -0.3 is 10.6 Å². The molecular formula is C19H20ClN3O4. The van der Waals surface area contributed by atoms with Gasteiger partial charge in [0.25, 0.3) is 11.6 Å². The molecule has 7 nitrogen and oxygen atoms in total. The normalized spacial score (nSPS) is 11.7. The second kappa shape index (κ2) is 9.14. The molecule has 0 unspecified atom stereocenters. The zero-order valence-electron chi connectivity index (χ0n) is 14.9. The fraction of sp³-hybridized carbons (Fsp3) is 0.263. The van der Waals surface area contributed by atoms with E-state index in [4.69, 9.17) is 11.6 Å². The van der Waals surface area contributed by atoms with Crippen LogP contribution in [0.3, 0.4) is 0 Å². The molecule has 2 amide bonds. The van der Waals surface area contributed by atoms with E-state index in [0.717, 1.165) is 0 Å². The van der Waals surface area contributed by atoms with Crippen LogP contribution in [0.15, 0.2) is 48.5 Å². The molecule has 0 aromatic heterocycles. The van der Waals surface area contributed by atoms with Crippen molar-refractivity contribution in [1.82, 2.24) is 5.32 Å². The van der Waals surface area contributed by atoms with Gasteiger partial charge in [0.15, 0.2) is 0 Å². The third-order valence-electron chi connectivity index (χ3n) is 3.76. The van der Waals surface area contributed by atoms with Gasteiger partial charge in [-0.3, -0.25) is 19.7 Å². The highest BCUT2D eigenvalue weighted by Crippen LogP contribution is 2.18. The molecule has 1 atom stereocenters. The van der Waals surface area contributed by atoms with E-state index in [2.05, 4.69) is 10.6 Å². The summed E-state index contributed by atoms with van der Waals surface area (Å²) in [7, 11) is 0. The van der Waals surface area contributed by atoms with Gasteiger partial charge in [-0.25, -0.2) is 0 Å². The number of nitrogens with one attached hydrogen (secondary N) is 2. The first-order chi connectivity index (χ1) is 12.8. The first-order valence-corrected chi connectivity index (χ1v) is 8.76. The van der Waals surface area contributed by atoms with E-state index in [1.54, 1.807) is 30.3 Å². The maximum atomic E-state index is 12.6. The number of hydrogen-bond acceptors (Lipinski definition) is 4. The van der Waals surface area contributed by atoms with Crippen LogP contribution in [0.25, 0.3) is 0 Å². The van der Waals surface area contributed by atoms with Gasteiger partial charge in [-0.1, -0.05) is 31.5 Å². The summed E-state index contributed by atoms with van der Waals surface area (Å²) in [5.74, 6) is -0.686. The Morgan fingerprint density at radius 3 is 2.41 bits per heavy atom. The van der Waals surface area contributed by atoms with Crippen LogP contribution in [0.1, 0.15) is 30.6 Å². The molecule has 0 aliphatic rings. The summed E-state index contributed by atoms with van der Waals surface area (Å²) in [6.07, 6.45) is 0.417. The highest BCUT2D eigenvalue weighted by molar-refractivity contribution is 6.30. The predicted molar refractivity (Wildman–Crippen MR) is 104 cm³/mol. The summed E-state index contributed by atoms with van der Waals surface area (Å²) < 4.78 is 0. The molecule has 0 aliphatic carbocycles. The number of benzene rings is 2. The van der Waals surface area contributed by atoms with Crippen LogP contribution < -0.4 is 10.6 Å². The zero-order chi connectivity index (χ0) is 20.0. The van der Waals surface area contributed by atoms with Crippen LogP contribution in [-0.2, 0) is 4.79 Å². The Morgan fingerprint density at radius 1 is 1.15 bits per heavy atom. The van der Waals surface area contributed by atoms with E-state index in [1.807, 2.05) is 13.8 Å². The topological polar surface area (TPSA) is 101 Å². The molecule has 0 saturated carbocycles. The Kier molecular flexibility index (Phi) is 6.90. The van der Waals surface area contributed by atoms with Crippen LogP contribution in [0, 0.1) is 16.0 Å². The molecule has 0 radical (unpaired) electrons. The first-order valence-electron chi connectivity index (χ1n) is 8.38. The summed E-state index contributed by atoms with van der Waals surface area (Å²) in [5.41, 5.74) is 0.554. The highest BCUT2D eigenvalue weighted by Gasteiger charge is 2.23. The van der Waals surface area contributed by atoms with Crippen molar-refractivity contribution in [1.29, 1.82) is 0 Å². The third kappa shape index (κ3) is 6.07. The third-order valence-corrected chi connectivity index (χ3v) is 4.01. The molecule has 0 saturated heterocycles. The van der Waals surface area contributed by atoms with Crippen molar-refractivity contribution in [2.24, 2.45) is 5.92 Å². The molecular weight excluding hydrogens is 370 g/mol. The fourth-order valence-electron chi connectivity index (χ4n) is 2.47. The van der Waals surface area contributed by atoms with E-state index in [1.165, 1.54) is 18.2 Å². The van der Waals surface area contributed by atoms with Crippen molar-refractivity contribution in [3.63, 3.8) is 0 Å². The smallest absolute Gasteiger partial charge is 0.271 e. The molecule has 0 spiro atoms. The van der Waals surface area contributed by atoms with Gasteiger partial charge in [-0.15, -0.1) is 0 Å². The fourth-order valence-corrected chi connectivity index (χ4v) is 2.60. The van der Waals surface area contributed by atoms with Crippen LogP contribution in [0.5, 0.6) is 0 Å². The van der Waals surface area contributed by atoms with Gasteiger partial charge >= 0.3 is 0 Å². The second-order valence-electron chi connectivity index (χ2n) is 6.46. The number of carbonyl (C=O) groups is 2. The molecule has 142 valence electrons. The maximum Gasteiger partial charge on any atom is 0.271 e. The molecule has 8 heteroatoms. The Morgan fingerprint density at radius 2 is 1.81 bits per heavy atom.